The molecule has 0 aromatic carbocycles. The molecule has 0 radical (unpaired) electrons. The maximum atomic E-state index is 8.88. The molecule has 4 nitrogen and oxygen atoms in total. The van der Waals surface area contributed by atoms with Crippen molar-refractivity contribution in [2.24, 2.45) is 0 Å². The van der Waals surface area contributed by atoms with Gasteiger partial charge >= 0.3 is 37.0 Å². The molecule has 0 aromatic rings. The van der Waals surface area contributed by atoms with Gasteiger partial charge in [0.05, 0.1) is 0 Å². The molecule has 0 atom stereocenters. The molecule has 0 fully saturated rings. The predicted molar refractivity (Wildman–Crippen MR) is 20.1 cm³/mol. The zero-order valence-electron chi connectivity index (χ0n) is 2.88. The molecule has 0 aliphatic carbocycles. The van der Waals surface area contributed by atoms with Crippen LogP contribution in [0.5, 0.6) is 0 Å². The minimum absolute atomic E-state index is 1.75. The van der Waals surface area contributed by atoms with Gasteiger partial charge in [0, 0.05) is 0 Å². The molecule has 3 N–H and O–H groups in total. The van der Waals surface area contributed by atoms with E-state index in [4.69, 9.17) is 19.2 Å². The van der Waals surface area contributed by atoms with Crippen LogP contribution >= 0.6 is 17.0 Å². The molecule has 0 unspecified atom stereocenters. The Morgan fingerprint density at radius 3 is 1.29 bits per heavy atom. The van der Waals surface area contributed by atoms with Crippen molar-refractivity contribution in [3.05, 3.63) is 0 Å². The van der Waals surface area contributed by atoms with Crippen LogP contribution in [0.25, 0.3) is 0 Å². The van der Waals surface area contributed by atoms with E-state index in [9.17, 15) is 0 Å². The summed E-state index contributed by atoms with van der Waals surface area (Å²) in [5.41, 5.74) is 0. The van der Waals surface area contributed by atoms with Gasteiger partial charge in [-0.25, -0.2) is 4.57 Å². The molecule has 50 valence electrons. The Morgan fingerprint density at radius 2 is 1.29 bits per heavy atom. The minimum atomic E-state index is -4.64. The van der Waals surface area contributed by atoms with E-state index in [1.165, 1.54) is 0 Å². The van der Waals surface area contributed by atoms with E-state index in [0.29, 0.717) is 0 Å². The Morgan fingerprint density at radius 1 is 1.29 bits per heavy atom. The number of rotatable bonds is 0. The fourth-order valence-corrected chi connectivity index (χ4v) is 0. The van der Waals surface area contributed by atoms with Gasteiger partial charge in [-0.1, -0.05) is 0 Å². The molecular formula is H3AuClO4P. The SMILES string of the molecule is O=P(O)(O)O.[Cl][Au]. The molecule has 0 amide bonds. The first-order chi connectivity index (χ1) is 3.00. The molecule has 0 bridgehead atoms. The number of halogens is 1. The van der Waals surface area contributed by atoms with Gasteiger partial charge in [-0.15, -0.1) is 0 Å². The average molecular weight is 330 g/mol. The van der Waals surface area contributed by atoms with E-state index in [0.717, 1.165) is 0 Å². The van der Waals surface area contributed by atoms with Crippen molar-refractivity contribution in [3.8, 4) is 0 Å². The maximum absolute atomic E-state index is 8.88. The van der Waals surface area contributed by atoms with Crippen LogP contribution in [0.1, 0.15) is 0 Å². The Bertz CT molecular complexity index is 57.8. The standard InChI is InChI=1S/Au.ClH.H3O4P/c;;1-5(2,3)4/h;1H;(H3,1,2,3,4)/q+1;;/p-1. The Balaban J connectivity index is 0. The third-order valence-corrected chi connectivity index (χ3v) is 0. The van der Waals surface area contributed by atoms with E-state index in [2.05, 4.69) is 9.19 Å². The summed E-state index contributed by atoms with van der Waals surface area (Å²) < 4.78 is 8.88. The van der Waals surface area contributed by atoms with Crippen LogP contribution in [0.3, 0.4) is 0 Å². The van der Waals surface area contributed by atoms with E-state index < -0.39 is 7.82 Å². The summed E-state index contributed by atoms with van der Waals surface area (Å²) >= 11 is 1.75. The molecule has 0 aromatic heterocycles. The third kappa shape index (κ3) is 145. The first-order valence-electron chi connectivity index (χ1n) is 0.897. The molecule has 0 saturated carbocycles. The molecule has 7 heteroatoms. The van der Waals surface area contributed by atoms with Crippen LogP contribution in [0.2, 0.25) is 0 Å². The average Bonchev–Trinajstić information content (AvgIpc) is 1.36. The fraction of sp³-hybridized carbons (Fsp3) is 0. The molecule has 7 heavy (non-hydrogen) atoms. The van der Waals surface area contributed by atoms with Gasteiger partial charge in [0.1, 0.15) is 0 Å². The van der Waals surface area contributed by atoms with E-state index in [-0.39, 0.29) is 0 Å². The number of phosphoric acid groups is 1. The second kappa shape index (κ2) is 5.28. The molecule has 0 spiro atoms. The van der Waals surface area contributed by atoms with Crippen molar-refractivity contribution >= 4 is 17.0 Å². The zero-order chi connectivity index (χ0) is 6.50. The summed E-state index contributed by atoms with van der Waals surface area (Å²) in [6.45, 7) is 0. The number of hydrogen-bond donors (Lipinski definition) is 3. The van der Waals surface area contributed by atoms with E-state index >= 15 is 0 Å². The zero-order valence-corrected chi connectivity index (χ0v) is 6.69. The molecule has 0 aliphatic heterocycles. The van der Waals surface area contributed by atoms with Gasteiger partial charge < -0.3 is 14.7 Å². The van der Waals surface area contributed by atoms with Crippen molar-refractivity contribution in [3.63, 3.8) is 0 Å². The van der Waals surface area contributed by atoms with Crippen LogP contribution in [-0.4, -0.2) is 14.7 Å². The van der Waals surface area contributed by atoms with Crippen molar-refractivity contribution in [1.29, 1.82) is 0 Å². The molecule has 0 rings (SSSR count). The van der Waals surface area contributed by atoms with Crippen molar-refractivity contribution in [2.45, 2.75) is 0 Å². The van der Waals surface area contributed by atoms with Gasteiger partial charge in [-0.05, 0) is 0 Å². The summed E-state index contributed by atoms with van der Waals surface area (Å²) in [6.07, 6.45) is 0. The third-order valence-electron chi connectivity index (χ3n) is 0. The van der Waals surface area contributed by atoms with Crippen LogP contribution < -0.4 is 0 Å². The monoisotopic (exact) mass is 330 g/mol. The summed E-state index contributed by atoms with van der Waals surface area (Å²) in [5.74, 6) is 0. The van der Waals surface area contributed by atoms with Gasteiger partial charge in [-0.2, -0.15) is 0 Å². The van der Waals surface area contributed by atoms with Crippen molar-refractivity contribution in [1.82, 2.24) is 0 Å². The van der Waals surface area contributed by atoms with E-state index in [1.54, 1.807) is 20.0 Å². The summed E-state index contributed by atoms with van der Waals surface area (Å²) in [4.78, 5) is 21.6. The summed E-state index contributed by atoms with van der Waals surface area (Å²) in [7, 11) is -0.0556. The van der Waals surface area contributed by atoms with Gasteiger partial charge in [0.15, 0.2) is 0 Å². The van der Waals surface area contributed by atoms with Crippen LogP contribution in [0.15, 0.2) is 0 Å². The normalized spacial score (nSPS) is 9.43. The first-order valence-corrected chi connectivity index (χ1v) is 5.15. The topological polar surface area (TPSA) is 77.8 Å². The van der Waals surface area contributed by atoms with E-state index in [1.807, 2.05) is 0 Å². The summed E-state index contributed by atoms with van der Waals surface area (Å²) in [6, 6.07) is 0. The van der Waals surface area contributed by atoms with Crippen molar-refractivity contribution < 1.29 is 39.2 Å². The van der Waals surface area contributed by atoms with Gasteiger partial charge in [0.25, 0.3) is 0 Å². The molecule has 0 heterocycles. The second-order valence-corrected chi connectivity index (χ2v) is 1.54. The Hall–Kier alpha value is 1.14. The number of hydrogen-bond acceptors (Lipinski definition) is 1. The quantitative estimate of drug-likeness (QED) is 0.423. The van der Waals surface area contributed by atoms with Crippen LogP contribution in [0.4, 0.5) is 0 Å². The second-order valence-electron chi connectivity index (χ2n) is 0.513. The van der Waals surface area contributed by atoms with Crippen LogP contribution in [-0.2, 0) is 24.6 Å². The molecular weight excluding hydrogens is 327 g/mol. The predicted octanol–water partition coefficient (Wildman–Crippen LogP) is -0.242. The van der Waals surface area contributed by atoms with Gasteiger partial charge in [-0.3, -0.25) is 0 Å². The van der Waals surface area contributed by atoms with Crippen LogP contribution in [0, 0.1) is 0 Å². The summed E-state index contributed by atoms with van der Waals surface area (Å²) in [5, 5.41) is 0. The fourth-order valence-electron chi connectivity index (χ4n) is 0. The molecule has 0 aliphatic rings. The van der Waals surface area contributed by atoms with Gasteiger partial charge in [0.2, 0.25) is 0 Å². The first kappa shape index (κ1) is 11.0. The molecule has 0 saturated heterocycles. The Labute approximate surface area is 56.5 Å². The van der Waals surface area contributed by atoms with Crippen molar-refractivity contribution in [2.75, 3.05) is 0 Å². The Kier molecular flexibility index (Phi) is 8.30.